The number of ether oxygens (including phenoxy) is 1. The van der Waals surface area contributed by atoms with Crippen molar-refractivity contribution in [2.75, 3.05) is 39.3 Å². The summed E-state index contributed by atoms with van der Waals surface area (Å²) in [5.41, 5.74) is 2.49. The molecule has 0 spiro atoms. The Morgan fingerprint density at radius 3 is 2.54 bits per heavy atom. The van der Waals surface area contributed by atoms with Crippen molar-refractivity contribution in [1.29, 1.82) is 0 Å². The zero-order valence-electron chi connectivity index (χ0n) is 16.0. The van der Waals surface area contributed by atoms with Crippen LogP contribution in [-0.2, 0) is 21.2 Å². The third-order valence-corrected chi connectivity index (χ3v) is 7.24. The largest absolute Gasteiger partial charge is 0.373 e. The highest BCUT2D eigenvalue weighted by molar-refractivity contribution is 7.89. The number of benzene rings is 2. The highest BCUT2D eigenvalue weighted by Gasteiger charge is 2.32. The van der Waals surface area contributed by atoms with Crippen LogP contribution in [0, 0.1) is 0 Å². The van der Waals surface area contributed by atoms with Gasteiger partial charge >= 0.3 is 0 Å². The van der Waals surface area contributed by atoms with Gasteiger partial charge in [0.2, 0.25) is 0 Å². The number of nitrogens with zero attached hydrogens (tertiary/aromatic N) is 2. The van der Waals surface area contributed by atoms with Crippen molar-refractivity contribution in [3.05, 3.63) is 65.7 Å². The average molecular weight is 402 g/mol. The minimum atomic E-state index is -3.60. The van der Waals surface area contributed by atoms with E-state index < -0.39 is 10.0 Å². The third kappa shape index (κ3) is 4.14. The number of fused-ring (bicyclic) bond motifs is 1. The molecule has 0 aromatic heterocycles. The predicted octanol–water partition coefficient (Wildman–Crippen LogP) is 2.20. The standard InChI is InChI=1S/C21H27N3O3S/c25-28(26,19-7-2-1-3-8-19)24(23-15-12-22-13-16-23)14-10-21-20-9-5-4-6-18(20)11-17-27-21/h1-9,21-22H,10-17H2. The topological polar surface area (TPSA) is 61.9 Å². The van der Waals surface area contributed by atoms with E-state index in [1.165, 1.54) is 11.1 Å². The Labute approximate surface area is 167 Å². The van der Waals surface area contributed by atoms with Gasteiger partial charge in [0.25, 0.3) is 10.0 Å². The molecule has 0 amide bonds. The second-order valence-corrected chi connectivity index (χ2v) is 9.01. The van der Waals surface area contributed by atoms with Crippen molar-refractivity contribution in [2.24, 2.45) is 0 Å². The van der Waals surface area contributed by atoms with Crippen LogP contribution in [0.5, 0.6) is 0 Å². The van der Waals surface area contributed by atoms with Gasteiger partial charge in [-0.25, -0.2) is 13.4 Å². The maximum Gasteiger partial charge on any atom is 0.255 e. The fourth-order valence-electron chi connectivity index (χ4n) is 3.95. The summed E-state index contributed by atoms with van der Waals surface area (Å²) in [6, 6.07) is 17.0. The molecular formula is C21H27N3O3S. The highest BCUT2D eigenvalue weighted by Crippen LogP contribution is 2.30. The first-order valence-electron chi connectivity index (χ1n) is 9.89. The van der Waals surface area contributed by atoms with Crippen molar-refractivity contribution >= 4 is 10.0 Å². The van der Waals surface area contributed by atoms with Crippen LogP contribution < -0.4 is 5.32 Å². The summed E-state index contributed by atoms with van der Waals surface area (Å²) in [7, 11) is -3.60. The summed E-state index contributed by atoms with van der Waals surface area (Å²) in [6.07, 6.45) is 1.48. The molecule has 0 radical (unpaired) electrons. The smallest absolute Gasteiger partial charge is 0.255 e. The molecule has 4 rings (SSSR count). The van der Waals surface area contributed by atoms with Crippen molar-refractivity contribution < 1.29 is 13.2 Å². The van der Waals surface area contributed by atoms with Crippen LogP contribution in [0.4, 0.5) is 0 Å². The molecule has 2 heterocycles. The first-order valence-corrected chi connectivity index (χ1v) is 11.3. The molecule has 150 valence electrons. The molecule has 0 saturated carbocycles. The zero-order valence-corrected chi connectivity index (χ0v) is 16.8. The predicted molar refractivity (Wildman–Crippen MR) is 108 cm³/mol. The summed E-state index contributed by atoms with van der Waals surface area (Å²) >= 11 is 0. The monoisotopic (exact) mass is 401 g/mol. The van der Waals surface area contributed by atoms with Gasteiger partial charge in [0.05, 0.1) is 17.6 Å². The van der Waals surface area contributed by atoms with E-state index in [0.29, 0.717) is 37.6 Å². The van der Waals surface area contributed by atoms with Crippen LogP contribution in [0.1, 0.15) is 23.7 Å². The molecule has 28 heavy (non-hydrogen) atoms. The summed E-state index contributed by atoms with van der Waals surface area (Å²) in [5.74, 6) is 0. The fraction of sp³-hybridized carbons (Fsp3) is 0.429. The number of hydrazine groups is 1. The third-order valence-electron chi connectivity index (χ3n) is 5.40. The van der Waals surface area contributed by atoms with Gasteiger partial charge < -0.3 is 10.1 Å². The minimum Gasteiger partial charge on any atom is -0.373 e. The van der Waals surface area contributed by atoms with Gasteiger partial charge in [-0.2, -0.15) is 0 Å². The lowest BCUT2D eigenvalue weighted by Crippen LogP contribution is -2.54. The molecule has 1 saturated heterocycles. The van der Waals surface area contributed by atoms with Crippen LogP contribution in [-0.4, -0.2) is 57.2 Å². The van der Waals surface area contributed by atoms with E-state index in [1.807, 2.05) is 23.2 Å². The van der Waals surface area contributed by atoms with Gasteiger partial charge in [-0.1, -0.05) is 42.5 Å². The number of hydrogen-bond acceptors (Lipinski definition) is 5. The van der Waals surface area contributed by atoms with Crippen LogP contribution in [0.15, 0.2) is 59.5 Å². The molecule has 0 bridgehead atoms. The van der Waals surface area contributed by atoms with E-state index in [4.69, 9.17) is 4.74 Å². The molecule has 2 aliphatic rings. The summed E-state index contributed by atoms with van der Waals surface area (Å²) in [6.45, 7) is 3.99. The Kier molecular flexibility index (Phi) is 6.08. The van der Waals surface area contributed by atoms with Gasteiger partial charge in [-0.3, -0.25) is 0 Å². The normalized spacial score (nSPS) is 20.8. The Bertz CT molecular complexity index is 883. The van der Waals surface area contributed by atoms with Gasteiger partial charge in [0.15, 0.2) is 0 Å². The van der Waals surface area contributed by atoms with Crippen LogP contribution in [0.2, 0.25) is 0 Å². The number of sulfonamides is 1. The maximum atomic E-state index is 13.4. The van der Waals surface area contributed by atoms with E-state index in [-0.39, 0.29) is 6.10 Å². The van der Waals surface area contributed by atoms with E-state index in [2.05, 4.69) is 17.4 Å². The Hall–Kier alpha value is -1.77. The number of hydrogen-bond donors (Lipinski definition) is 1. The quantitative estimate of drug-likeness (QED) is 0.804. The maximum absolute atomic E-state index is 13.4. The molecule has 2 aromatic rings. The van der Waals surface area contributed by atoms with Crippen LogP contribution >= 0.6 is 0 Å². The number of nitrogens with one attached hydrogen (secondary N) is 1. The fourth-order valence-corrected chi connectivity index (χ4v) is 5.50. The second kappa shape index (κ2) is 8.71. The molecule has 2 aliphatic heterocycles. The van der Waals surface area contributed by atoms with Gasteiger partial charge in [0, 0.05) is 32.7 Å². The van der Waals surface area contributed by atoms with Crippen molar-refractivity contribution in [1.82, 2.24) is 14.7 Å². The van der Waals surface area contributed by atoms with Crippen molar-refractivity contribution in [3.8, 4) is 0 Å². The summed E-state index contributed by atoms with van der Waals surface area (Å²) < 4.78 is 34.3. The molecule has 1 N–H and O–H groups in total. The second-order valence-electron chi connectivity index (χ2n) is 7.16. The van der Waals surface area contributed by atoms with E-state index in [1.54, 1.807) is 28.7 Å². The molecule has 6 nitrogen and oxygen atoms in total. The number of piperazine rings is 1. The van der Waals surface area contributed by atoms with Crippen molar-refractivity contribution in [2.45, 2.75) is 23.8 Å². The van der Waals surface area contributed by atoms with Crippen LogP contribution in [0.25, 0.3) is 0 Å². The SMILES string of the molecule is O=S(=O)(c1ccccc1)N(CCC1OCCc2ccccc21)N1CCNCC1. The Morgan fingerprint density at radius 2 is 1.75 bits per heavy atom. The van der Waals surface area contributed by atoms with Crippen LogP contribution in [0.3, 0.4) is 0 Å². The molecule has 1 unspecified atom stereocenters. The molecule has 0 aliphatic carbocycles. The van der Waals surface area contributed by atoms with E-state index in [0.717, 1.165) is 19.5 Å². The molecule has 2 aromatic carbocycles. The first-order chi connectivity index (χ1) is 13.7. The molecule has 1 atom stereocenters. The van der Waals surface area contributed by atoms with Gasteiger partial charge in [0.1, 0.15) is 0 Å². The lowest BCUT2D eigenvalue weighted by Gasteiger charge is -2.37. The lowest BCUT2D eigenvalue weighted by atomic mass is 9.96. The zero-order chi connectivity index (χ0) is 19.4. The Morgan fingerprint density at radius 1 is 1.04 bits per heavy atom. The summed E-state index contributed by atoms with van der Waals surface area (Å²) in [4.78, 5) is 0.332. The number of rotatable bonds is 6. The van der Waals surface area contributed by atoms with Crippen molar-refractivity contribution in [3.63, 3.8) is 0 Å². The van der Waals surface area contributed by atoms with E-state index in [9.17, 15) is 8.42 Å². The lowest BCUT2D eigenvalue weighted by molar-refractivity contribution is 0.00361. The summed E-state index contributed by atoms with van der Waals surface area (Å²) in [5, 5.41) is 5.24. The Balaban J connectivity index is 1.57. The highest BCUT2D eigenvalue weighted by atomic mass is 32.2. The average Bonchev–Trinajstić information content (AvgIpc) is 2.75. The molecular weight excluding hydrogens is 374 g/mol. The van der Waals surface area contributed by atoms with E-state index >= 15 is 0 Å². The van der Waals surface area contributed by atoms with Gasteiger partial charge in [-0.15, -0.1) is 4.41 Å². The first kappa shape index (κ1) is 19.5. The molecule has 1 fully saturated rings. The van der Waals surface area contributed by atoms with Gasteiger partial charge in [-0.05, 0) is 36.1 Å². The minimum absolute atomic E-state index is 0.0682. The molecule has 7 heteroatoms.